The Labute approximate surface area is 261 Å². The highest BCUT2D eigenvalue weighted by Gasteiger charge is 2.39. The van der Waals surface area contributed by atoms with Crippen LogP contribution in [0, 0.1) is 17.1 Å². The summed E-state index contributed by atoms with van der Waals surface area (Å²) in [5.41, 5.74) is 7.84. The first kappa shape index (κ1) is 39.6. The second kappa shape index (κ2) is 17.3. The first-order chi connectivity index (χ1) is 21.1. The Kier molecular flexibility index (Phi) is 14.9. The lowest BCUT2D eigenvalue weighted by Gasteiger charge is -2.17. The summed E-state index contributed by atoms with van der Waals surface area (Å²) in [6, 6.07) is 10.6. The molecule has 1 aliphatic rings. The molecule has 1 saturated heterocycles. The zero-order valence-electron chi connectivity index (χ0n) is 23.7. The van der Waals surface area contributed by atoms with Gasteiger partial charge in [-0.2, -0.15) is 26.3 Å². The van der Waals surface area contributed by atoms with E-state index in [1.807, 2.05) is 0 Å². The number of carbonyl (C=O) groups is 4. The van der Waals surface area contributed by atoms with Crippen molar-refractivity contribution in [1.29, 1.82) is 5.41 Å². The number of nitrogen functional groups attached to an aromatic ring is 1. The summed E-state index contributed by atoms with van der Waals surface area (Å²) in [6.45, 7) is 2.60. The van der Waals surface area contributed by atoms with Crippen molar-refractivity contribution < 1.29 is 60.1 Å². The number of nitrogens with one attached hydrogen (secondary N) is 4. The highest BCUT2D eigenvalue weighted by molar-refractivity contribution is 6.30. The van der Waals surface area contributed by atoms with E-state index < -0.39 is 36.2 Å². The number of hydrogen-bond donors (Lipinski definition) is 7. The van der Waals surface area contributed by atoms with E-state index in [9.17, 15) is 40.3 Å². The average Bonchev–Trinajstić information content (AvgIpc) is 3.42. The minimum atomic E-state index is -5.08. The van der Waals surface area contributed by atoms with E-state index in [0.29, 0.717) is 31.5 Å². The van der Waals surface area contributed by atoms with E-state index in [4.69, 9.17) is 42.5 Å². The van der Waals surface area contributed by atoms with Crippen LogP contribution in [0.15, 0.2) is 42.5 Å². The summed E-state index contributed by atoms with van der Waals surface area (Å²) in [6.07, 6.45) is -8.85. The van der Waals surface area contributed by atoms with Crippen LogP contribution in [-0.4, -0.2) is 70.8 Å². The normalized spacial score (nSPS) is 16.5. The molecule has 2 amide bonds. The molecule has 8 N–H and O–H groups in total. The van der Waals surface area contributed by atoms with Crippen molar-refractivity contribution in [2.45, 2.75) is 50.7 Å². The van der Waals surface area contributed by atoms with Crippen LogP contribution in [-0.2, 0) is 32.1 Å². The molecule has 2 aromatic rings. The number of amides is 2. The van der Waals surface area contributed by atoms with Crippen molar-refractivity contribution in [2.24, 2.45) is 11.7 Å². The maximum Gasteiger partial charge on any atom is 0.490 e. The monoisotopic (exact) mass is 687 g/mol. The molecule has 1 aliphatic heterocycles. The molecule has 0 radical (unpaired) electrons. The number of carbonyl (C=O) groups excluding carboxylic acids is 2. The standard InChI is InChI=1S/C23H27ClFN5O2.2C2HF3O2/c1-13(22(31)29-11-14-2-5-17(6-3-14)21(26)27)30-23(32)20-10-16(12-28-20)8-15-4-7-19(25)18(24)9-15;2*3-2(4,5)1(6)7/h2-7,9,13,16,20,28H,8,10-12H2,1H3,(H3,26,27)(H,29,31)(H,30,32);2*(H,6,7)/t13?,16-,20+;;/m0../s1. The third kappa shape index (κ3) is 14.1. The predicted molar refractivity (Wildman–Crippen MR) is 149 cm³/mol. The van der Waals surface area contributed by atoms with Crippen LogP contribution in [0.2, 0.25) is 5.02 Å². The molecule has 19 heteroatoms. The summed E-state index contributed by atoms with van der Waals surface area (Å²) in [5, 5.41) is 30.5. The van der Waals surface area contributed by atoms with Gasteiger partial charge in [0, 0.05) is 12.1 Å². The number of carboxylic acid groups (broad SMARTS) is 2. The number of aliphatic carboxylic acids is 2. The molecule has 3 rings (SSSR count). The van der Waals surface area contributed by atoms with Gasteiger partial charge in [0.2, 0.25) is 11.8 Å². The van der Waals surface area contributed by atoms with Crippen LogP contribution < -0.4 is 21.7 Å². The van der Waals surface area contributed by atoms with E-state index >= 15 is 0 Å². The van der Waals surface area contributed by atoms with Crippen LogP contribution >= 0.6 is 11.6 Å². The molecule has 46 heavy (non-hydrogen) atoms. The van der Waals surface area contributed by atoms with Gasteiger partial charge in [-0.3, -0.25) is 15.0 Å². The first-order valence-electron chi connectivity index (χ1n) is 12.9. The number of alkyl halides is 6. The van der Waals surface area contributed by atoms with E-state index in [-0.39, 0.29) is 34.6 Å². The molecule has 3 atom stereocenters. The summed E-state index contributed by atoms with van der Waals surface area (Å²) >= 11 is 5.84. The summed E-state index contributed by atoms with van der Waals surface area (Å²) in [7, 11) is 0. The van der Waals surface area contributed by atoms with Gasteiger partial charge in [-0.1, -0.05) is 41.9 Å². The Morgan fingerprint density at radius 1 is 1.00 bits per heavy atom. The third-order valence-electron chi connectivity index (χ3n) is 6.02. The first-order valence-corrected chi connectivity index (χ1v) is 13.3. The van der Waals surface area contributed by atoms with Crippen molar-refractivity contribution in [2.75, 3.05) is 6.54 Å². The maximum absolute atomic E-state index is 13.3. The fourth-order valence-electron chi connectivity index (χ4n) is 3.69. The Balaban J connectivity index is 0.000000629. The Bertz CT molecular complexity index is 1370. The van der Waals surface area contributed by atoms with Gasteiger partial charge in [-0.05, 0) is 55.5 Å². The molecule has 0 aromatic heterocycles. The predicted octanol–water partition coefficient (Wildman–Crippen LogP) is 3.37. The van der Waals surface area contributed by atoms with Gasteiger partial charge in [0.1, 0.15) is 17.7 Å². The quantitative estimate of drug-likeness (QED) is 0.125. The van der Waals surface area contributed by atoms with Crippen molar-refractivity contribution in [3.8, 4) is 0 Å². The van der Waals surface area contributed by atoms with Gasteiger partial charge in [0.15, 0.2) is 0 Å². The molecule has 1 unspecified atom stereocenters. The molecule has 11 nitrogen and oxygen atoms in total. The molecule has 0 spiro atoms. The van der Waals surface area contributed by atoms with Crippen LogP contribution in [0.1, 0.15) is 30.0 Å². The number of amidine groups is 1. The number of hydrogen-bond acceptors (Lipinski definition) is 6. The Hall–Kier alpha value is -4.45. The van der Waals surface area contributed by atoms with E-state index in [1.165, 1.54) is 6.07 Å². The topological polar surface area (TPSA) is 195 Å². The molecule has 0 aliphatic carbocycles. The lowest BCUT2D eigenvalue weighted by atomic mass is 9.96. The van der Waals surface area contributed by atoms with Gasteiger partial charge in [0.25, 0.3) is 0 Å². The summed E-state index contributed by atoms with van der Waals surface area (Å²) < 4.78 is 76.8. The molecular formula is C27H29ClF7N5O6. The van der Waals surface area contributed by atoms with Crippen molar-refractivity contribution in [3.05, 3.63) is 70.0 Å². The van der Waals surface area contributed by atoms with Gasteiger partial charge < -0.3 is 31.9 Å². The molecule has 1 heterocycles. The molecule has 1 fully saturated rings. The van der Waals surface area contributed by atoms with Crippen LogP contribution in [0.25, 0.3) is 0 Å². The van der Waals surface area contributed by atoms with E-state index in [1.54, 1.807) is 43.3 Å². The lowest BCUT2D eigenvalue weighted by Crippen LogP contribution is -2.49. The molecule has 254 valence electrons. The maximum atomic E-state index is 13.3. The van der Waals surface area contributed by atoms with Gasteiger partial charge in [-0.15, -0.1) is 0 Å². The van der Waals surface area contributed by atoms with Gasteiger partial charge in [-0.25, -0.2) is 14.0 Å². The number of carboxylic acids is 2. The fourth-order valence-corrected chi connectivity index (χ4v) is 3.89. The van der Waals surface area contributed by atoms with Gasteiger partial charge >= 0.3 is 24.3 Å². The molecule has 2 aromatic carbocycles. The Morgan fingerprint density at radius 3 is 1.96 bits per heavy atom. The minimum Gasteiger partial charge on any atom is -0.475 e. The second-order valence-electron chi connectivity index (χ2n) is 9.68. The number of halogens is 8. The van der Waals surface area contributed by atoms with E-state index in [2.05, 4.69) is 16.0 Å². The van der Waals surface area contributed by atoms with Crippen LogP contribution in [0.4, 0.5) is 30.7 Å². The SMILES string of the molecule is CC(NC(=O)[C@H]1C[C@H](Cc2ccc(F)c(Cl)c2)CN1)C(=O)NCc1ccc(C(=N)N)cc1.O=C(O)C(F)(F)F.O=C(O)C(F)(F)F. The van der Waals surface area contributed by atoms with Crippen molar-refractivity contribution >= 4 is 41.2 Å². The lowest BCUT2D eigenvalue weighted by molar-refractivity contribution is -0.193. The minimum absolute atomic E-state index is 0.0128. The van der Waals surface area contributed by atoms with Crippen molar-refractivity contribution in [1.82, 2.24) is 16.0 Å². The van der Waals surface area contributed by atoms with Crippen molar-refractivity contribution in [3.63, 3.8) is 0 Å². The summed E-state index contributed by atoms with van der Waals surface area (Å²) in [4.78, 5) is 42.7. The third-order valence-corrected chi connectivity index (χ3v) is 6.31. The van der Waals surface area contributed by atoms with Crippen LogP contribution in [0.5, 0.6) is 0 Å². The number of rotatable bonds is 8. The molecule has 0 bridgehead atoms. The molecule has 0 saturated carbocycles. The fraction of sp³-hybridized carbons (Fsp3) is 0.370. The second-order valence-corrected chi connectivity index (χ2v) is 10.1. The highest BCUT2D eigenvalue weighted by atomic mass is 35.5. The van der Waals surface area contributed by atoms with E-state index in [0.717, 1.165) is 11.1 Å². The summed E-state index contributed by atoms with van der Waals surface area (Å²) in [5.74, 6) is -6.27. The van der Waals surface area contributed by atoms with Gasteiger partial charge in [0.05, 0.1) is 11.1 Å². The van der Waals surface area contributed by atoms with Crippen LogP contribution in [0.3, 0.4) is 0 Å². The Morgan fingerprint density at radius 2 is 1.50 bits per heavy atom. The zero-order chi connectivity index (χ0) is 35.4. The zero-order valence-corrected chi connectivity index (χ0v) is 24.5. The largest absolute Gasteiger partial charge is 0.490 e. The average molecular weight is 688 g/mol. The molecular weight excluding hydrogens is 659 g/mol. The smallest absolute Gasteiger partial charge is 0.475 e. The highest BCUT2D eigenvalue weighted by Crippen LogP contribution is 2.23. The number of benzene rings is 2. The number of nitrogens with two attached hydrogens (primary N) is 1.